The molecule has 5 heteroatoms. The zero-order valence-corrected chi connectivity index (χ0v) is 12.8. The van der Waals surface area contributed by atoms with Crippen molar-refractivity contribution in [3.05, 3.63) is 59.2 Å². The van der Waals surface area contributed by atoms with Gasteiger partial charge >= 0.3 is 0 Å². The number of ether oxygens (including phenoxy) is 2. The monoisotopic (exact) mass is 314 g/mol. The van der Waals surface area contributed by atoms with E-state index in [2.05, 4.69) is 4.98 Å². The van der Waals surface area contributed by atoms with Gasteiger partial charge in [0.25, 0.3) is 0 Å². The van der Waals surface area contributed by atoms with Gasteiger partial charge in [0.15, 0.2) is 11.5 Å². The van der Waals surface area contributed by atoms with Gasteiger partial charge in [0, 0.05) is 11.5 Å². The Bertz CT molecular complexity index is 807. The Hall–Kier alpha value is -2.46. The molecule has 0 saturated heterocycles. The van der Waals surface area contributed by atoms with Gasteiger partial charge in [-0.3, -0.25) is 4.98 Å². The van der Waals surface area contributed by atoms with E-state index < -0.39 is 0 Å². The van der Waals surface area contributed by atoms with Crippen LogP contribution >= 0.6 is 11.6 Å². The number of methoxy groups -OCH3 is 1. The fourth-order valence-corrected chi connectivity index (χ4v) is 2.39. The van der Waals surface area contributed by atoms with Gasteiger partial charge < -0.3 is 15.2 Å². The molecule has 0 bridgehead atoms. The van der Waals surface area contributed by atoms with Gasteiger partial charge in [0.1, 0.15) is 6.61 Å². The van der Waals surface area contributed by atoms with E-state index in [1.807, 2.05) is 36.4 Å². The van der Waals surface area contributed by atoms with Crippen LogP contribution in [-0.4, -0.2) is 12.1 Å². The summed E-state index contributed by atoms with van der Waals surface area (Å²) in [5, 5.41) is 1.21. The van der Waals surface area contributed by atoms with Crippen molar-refractivity contribution in [1.29, 1.82) is 0 Å². The number of fused-ring (bicyclic) bond motifs is 1. The summed E-state index contributed by atoms with van der Waals surface area (Å²) in [7, 11) is 1.59. The first kappa shape index (κ1) is 14.5. The van der Waals surface area contributed by atoms with E-state index in [4.69, 9.17) is 26.8 Å². The Balaban J connectivity index is 1.97. The molecule has 0 aliphatic carbocycles. The normalized spacial score (nSPS) is 10.6. The minimum atomic E-state index is 0.439. The second-order valence-electron chi connectivity index (χ2n) is 4.82. The molecule has 0 radical (unpaired) electrons. The van der Waals surface area contributed by atoms with Gasteiger partial charge in [0.05, 0.1) is 29.5 Å². The largest absolute Gasteiger partial charge is 0.493 e. The van der Waals surface area contributed by atoms with Crippen LogP contribution in [0.4, 0.5) is 5.69 Å². The Kier molecular flexibility index (Phi) is 4.02. The highest BCUT2D eigenvalue weighted by Crippen LogP contribution is 2.36. The lowest BCUT2D eigenvalue weighted by atomic mass is 10.2. The number of hydrogen-bond donors (Lipinski definition) is 1. The number of nitrogens with two attached hydrogens (primary N) is 1. The second kappa shape index (κ2) is 6.12. The van der Waals surface area contributed by atoms with E-state index in [1.165, 1.54) is 6.20 Å². The van der Waals surface area contributed by atoms with Crippen molar-refractivity contribution in [3.8, 4) is 11.5 Å². The molecule has 112 valence electrons. The van der Waals surface area contributed by atoms with Crippen molar-refractivity contribution in [1.82, 2.24) is 4.98 Å². The number of nitrogen functional groups attached to an aromatic ring is 1. The lowest BCUT2D eigenvalue weighted by Crippen LogP contribution is -1.98. The molecule has 2 aromatic carbocycles. The Morgan fingerprint density at radius 2 is 1.91 bits per heavy atom. The van der Waals surface area contributed by atoms with Crippen molar-refractivity contribution in [2.24, 2.45) is 0 Å². The van der Waals surface area contributed by atoms with Gasteiger partial charge in [0.2, 0.25) is 0 Å². The highest BCUT2D eigenvalue weighted by molar-refractivity contribution is 6.37. The zero-order valence-electron chi connectivity index (χ0n) is 12.0. The molecular weight excluding hydrogens is 300 g/mol. The summed E-state index contributed by atoms with van der Waals surface area (Å²) in [4.78, 5) is 4.29. The molecular formula is C17H15ClN2O2. The molecule has 3 rings (SSSR count). The fraction of sp³-hybridized carbons (Fsp3) is 0.118. The van der Waals surface area contributed by atoms with E-state index in [-0.39, 0.29) is 0 Å². The Morgan fingerprint density at radius 3 is 2.64 bits per heavy atom. The minimum Gasteiger partial charge on any atom is -0.493 e. The molecule has 22 heavy (non-hydrogen) atoms. The first-order valence-electron chi connectivity index (χ1n) is 6.77. The van der Waals surface area contributed by atoms with Crippen LogP contribution in [0.15, 0.2) is 48.7 Å². The number of rotatable bonds is 4. The molecule has 0 saturated carbocycles. The van der Waals surface area contributed by atoms with E-state index >= 15 is 0 Å². The van der Waals surface area contributed by atoms with Crippen LogP contribution in [0.25, 0.3) is 10.9 Å². The third-order valence-electron chi connectivity index (χ3n) is 3.35. The molecule has 4 nitrogen and oxygen atoms in total. The molecule has 3 aromatic rings. The number of aromatic nitrogens is 1. The number of hydrogen-bond acceptors (Lipinski definition) is 4. The van der Waals surface area contributed by atoms with Crippen LogP contribution in [0.3, 0.4) is 0 Å². The third kappa shape index (κ3) is 2.78. The summed E-state index contributed by atoms with van der Waals surface area (Å²) in [6.07, 6.45) is 1.54. The summed E-state index contributed by atoms with van der Waals surface area (Å²) in [5.41, 5.74) is 8.01. The zero-order chi connectivity index (χ0) is 15.5. The maximum Gasteiger partial charge on any atom is 0.163 e. The second-order valence-corrected chi connectivity index (χ2v) is 5.20. The average Bonchev–Trinajstić information content (AvgIpc) is 2.57. The molecule has 0 atom stereocenters. The average molecular weight is 315 g/mol. The summed E-state index contributed by atoms with van der Waals surface area (Å²) in [5.74, 6) is 1.21. The van der Waals surface area contributed by atoms with Crippen molar-refractivity contribution in [3.63, 3.8) is 0 Å². The smallest absolute Gasteiger partial charge is 0.163 e. The standard InChI is InChI=1S/C17H15ClN2O2/c1-21-15-7-12-14(20-9-13(19)17(12)18)8-16(15)22-10-11-5-3-2-4-6-11/h2-9H,10,19H2,1H3. The summed E-state index contributed by atoms with van der Waals surface area (Å²) in [6, 6.07) is 13.5. The molecule has 0 aliphatic rings. The maximum absolute atomic E-state index is 6.22. The molecule has 1 heterocycles. The minimum absolute atomic E-state index is 0.439. The molecule has 0 unspecified atom stereocenters. The summed E-state index contributed by atoms with van der Waals surface area (Å²) in [6.45, 7) is 0.450. The van der Waals surface area contributed by atoms with Gasteiger partial charge in [-0.25, -0.2) is 0 Å². The highest BCUT2D eigenvalue weighted by atomic mass is 35.5. The van der Waals surface area contributed by atoms with Gasteiger partial charge in [-0.1, -0.05) is 41.9 Å². The van der Waals surface area contributed by atoms with E-state index in [1.54, 1.807) is 13.2 Å². The van der Waals surface area contributed by atoms with Crippen molar-refractivity contribution >= 4 is 28.2 Å². The van der Waals surface area contributed by atoms with Crippen LogP contribution in [0, 0.1) is 0 Å². The number of anilines is 1. The number of pyridine rings is 1. The predicted molar refractivity (Wildman–Crippen MR) is 88.5 cm³/mol. The van der Waals surface area contributed by atoms with Crippen LogP contribution in [0.1, 0.15) is 5.56 Å². The topological polar surface area (TPSA) is 57.4 Å². The first-order chi connectivity index (χ1) is 10.7. The highest BCUT2D eigenvalue weighted by Gasteiger charge is 2.12. The lowest BCUT2D eigenvalue weighted by Gasteiger charge is -2.13. The first-order valence-corrected chi connectivity index (χ1v) is 7.15. The maximum atomic E-state index is 6.22. The lowest BCUT2D eigenvalue weighted by molar-refractivity contribution is 0.285. The van der Waals surface area contributed by atoms with Gasteiger partial charge in [-0.2, -0.15) is 0 Å². The van der Waals surface area contributed by atoms with E-state index in [0.717, 1.165) is 10.9 Å². The van der Waals surface area contributed by atoms with Crippen molar-refractivity contribution in [2.45, 2.75) is 6.61 Å². The summed E-state index contributed by atoms with van der Waals surface area (Å²) >= 11 is 6.22. The quantitative estimate of drug-likeness (QED) is 0.789. The third-order valence-corrected chi connectivity index (χ3v) is 3.77. The molecule has 2 N–H and O–H groups in total. The Labute approximate surface area is 133 Å². The number of benzene rings is 2. The molecule has 1 aromatic heterocycles. The molecule has 0 aliphatic heterocycles. The van der Waals surface area contributed by atoms with Crippen molar-refractivity contribution in [2.75, 3.05) is 12.8 Å². The van der Waals surface area contributed by atoms with E-state index in [0.29, 0.717) is 34.3 Å². The van der Waals surface area contributed by atoms with E-state index in [9.17, 15) is 0 Å². The van der Waals surface area contributed by atoms with Gasteiger partial charge in [-0.05, 0) is 11.6 Å². The van der Waals surface area contributed by atoms with Crippen LogP contribution in [0.2, 0.25) is 5.02 Å². The molecule has 0 amide bonds. The van der Waals surface area contributed by atoms with Crippen LogP contribution < -0.4 is 15.2 Å². The van der Waals surface area contributed by atoms with Crippen LogP contribution in [-0.2, 0) is 6.61 Å². The van der Waals surface area contributed by atoms with Crippen LogP contribution in [0.5, 0.6) is 11.5 Å². The van der Waals surface area contributed by atoms with Crippen molar-refractivity contribution < 1.29 is 9.47 Å². The SMILES string of the molecule is COc1cc2c(Cl)c(N)cnc2cc1OCc1ccccc1. The number of halogens is 1. The summed E-state index contributed by atoms with van der Waals surface area (Å²) < 4.78 is 11.2. The predicted octanol–water partition coefficient (Wildman–Crippen LogP) is 4.06. The van der Waals surface area contributed by atoms with Gasteiger partial charge in [-0.15, -0.1) is 0 Å². The number of nitrogens with zero attached hydrogens (tertiary/aromatic N) is 1. The molecule has 0 fully saturated rings. The Morgan fingerprint density at radius 1 is 1.14 bits per heavy atom. The fourth-order valence-electron chi connectivity index (χ4n) is 2.19. The molecule has 0 spiro atoms.